The largest absolute Gasteiger partial charge is 0.357 e. The Morgan fingerprint density at radius 1 is 1.14 bits per heavy atom. The highest BCUT2D eigenvalue weighted by Gasteiger charge is 2.15. The monoisotopic (exact) mass is 340 g/mol. The molecule has 0 fully saturated rings. The second-order valence-corrected chi connectivity index (χ2v) is 6.86. The molecule has 10 heteroatoms. The van der Waals surface area contributed by atoms with Gasteiger partial charge in [0.05, 0.1) is 4.90 Å². The lowest BCUT2D eigenvalue weighted by atomic mass is 10.3. The minimum atomic E-state index is -3.78. The van der Waals surface area contributed by atoms with Crippen molar-refractivity contribution in [1.29, 1.82) is 0 Å². The third kappa shape index (κ3) is 4.02. The number of anilines is 2. The lowest BCUT2D eigenvalue weighted by Crippen LogP contribution is -2.21. The van der Waals surface area contributed by atoms with E-state index in [0.29, 0.717) is 5.69 Å². The van der Waals surface area contributed by atoms with Gasteiger partial charge in [-0.05, 0) is 36.4 Å². The van der Waals surface area contributed by atoms with E-state index >= 15 is 0 Å². The number of nitrogens with two attached hydrogens (primary N) is 1. The first-order chi connectivity index (χ1) is 10.4. The molecule has 116 valence electrons. The Balaban J connectivity index is 2.15. The van der Waals surface area contributed by atoms with Gasteiger partial charge in [0.25, 0.3) is 10.0 Å². The van der Waals surface area contributed by atoms with Gasteiger partial charge >= 0.3 is 5.24 Å². The molecule has 0 aliphatic rings. The predicted molar refractivity (Wildman–Crippen MR) is 82.8 cm³/mol. The molecule has 0 saturated heterocycles. The van der Waals surface area contributed by atoms with Crippen molar-refractivity contribution >= 4 is 37.8 Å². The van der Waals surface area contributed by atoms with Gasteiger partial charge in [0.15, 0.2) is 0 Å². The average molecular weight is 340 g/mol. The molecule has 4 N–H and O–H groups in total. The number of pyridine rings is 1. The third-order valence-electron chi connectivity index (χ3n) is 2.46. The molecular formula is C12H12N4O4S2. The molecule has 1 aromatic carbocycles. The Morgan fingerprint density at radius 3 is 2.36 bits per heavy atom. The van der Waals surface area contributed by atoms with Crippen LogP contribution in [0.4, 0.5) is 16.3 Å². The maximum absolute atomic E-state index is 12.1. The van der Waals surface area contributed by atoms with E-state index in [9.17, 15) is 17.4 Å². The zero-order chi connectivity index (χ0) is 16.2. The summed E-state index contributed by atoms with van der Waals surface area (Å²) in [7, 11) is -5.85. The van der Waals surface area contributed by atoms with Crippen LogP contribution < -0.4 is 15.2 Å². The first-order valence-corrected chi connectivity index (χ1v) is 8.53. The summed E-state index contributed by atoms with van der Waals surface area (Å²) < 4.78 is 40.2. The van der Waals surface area contributed by atoms with Crippen LogP contribution in [-0.2, 0) is 21.0 Å². The molecule has 1 amide bonds. The molecule has 1 atom stereocenters. The molecule has 2 aromatic rings. The highest BCUT2D eigenvalue weighted by Crippen LogP contribution is 2.17. The fourth-order valence-corrected chi connectivity index (χ4v) is 2.94. The van der Waals surface area contributed by atoms with Crippen LogP contribution in [0.2, 0.25) is 0 Å². The molecule has 8 nitrogen and oxygen atoms in total. The quantitative estimate of drug-likeness (QED) is 0.748. The van der Waals surface area contributed by atoms with Crippen LogP contribution in [0.15, 0.2) is 53.6 Å². The van der Waals surface area contributed by atoms with E-state index in [4.69, 9.17) is 5.73 Å². The number of nitrogens with one attached hydrogen (secondary N) is 2. The Morgan fingerprint density at radius 2 is 1.82 bits per heavy atom. The molecule has 0 saturated carbocycles. The van der Waals surface area contributed by atoms with Crippen LogP contribution in [0.1, 0.15) is 0 Å². The van der Waals surface area contributed by atoms with Crippen molar-refractivity contribution in [3.8, 4) is 0 Å². The van der Waals surface area contributed by atoms with Gasteiger partial charge in [0.1, 0.15) is 5.82 Å². The predicted octanol–water partition coefficient (Wildman–Crippen LogP) is 1.04. The number of carbonyl (C=O) groups excluding carboxylic acids is 1. The maximum Gasteiger partial charge on any atom is 0.327 e. The van der Waals surface area contributed by atoms with Crippen LogP contribution in [0.3, 0.4) is 0 Å². The standard InChI is InChI=1S/C12H12N4O4S2/c13-12(17)21(18)15-9-4-6-10(7-5-9)22(19,20)16-11-3-1-2-8-14-11/h1-8,15H,(H2,13,17)(H,14,16). The number of hydrogen-bond acceptors (Lipinski definition) is 5. The van der Waals surface area contributed by atoms with E-state index in [1.165, 1.54) is 36.5 Å². The summed E-state index contributed by atoms with van der Waals surface area (Å²) in [4.78, 5) is 14.5. The lowest BCUT2D eigenvalue weighted by Gasteiger charge is -2.08. The van der Waals surface area contributed by atoms with Crippen LogP contribution in [-0.4, -0.2) is 22.8 Å². The minimum Gasteiger partial charge on any atom is -0.357 e. The molecule has 2 rings (SSSR count). The summed E-state index contributed by atoms with van der Waals surface area (Å²) in [6, 6.07) is 10.2. The number of benzene rings is 1. The highest BCUT2D eigenvalue weighted by atomic mass is 32.2. The molecule has 0 spiro atoms. The van der Waals surface area contributed by atoms with E-state index in [1.54, 1.807) is 12.1 Å². The van der Waals surface area contributed by atoms with Crippen LogP contribution >= 0.6 is 0 Å². The normalized spacial score (nSPS) is 12.4. The number of sulfonamides is 1. The zero-order valence-corrected chi connectivity index (χ0v) is 12.7. The second kappa shape index (κ2) is 6.54. The second-order valence-electron chi connectivity index (χ2n) is 4.03. The summed E-state index contributed by atoms with van der Waals surface area (Å²) in [5, 5.41) is -1.02. The van der Waals surface area contributed by atoms with Crippen molar-refractivity contribution in [3.63, 3.8) is 0 Å². The van der Waals surface area contributed by atoms with Crippen LogP contribution in [0, 0.1) is 0 Å². The van der Waals surface area contributed by atoms with E-state index in [1.807, 2.05) is 0 Å². The fraction of sp³-hybridized carbons (Fsp3) is 0. The molecule has 22 heavy (non-hydrogen) atoms. The first-order valence-electron chi connectivity index (χ1n) is 5.90. The van der Waals surface area contributed by atoms with E-state index in [2.05, 4.69) is 14.4 Å². The molecule has 1 unspecified atom stereocenters. The molecule has 0 aliphatic carbocycles. The number of nitrogens with zero attached hydrogens (tertiary/aromatic N) is 1. The SMILES string of the molecule is NC(=O)S(=O)Nc1ccc(S(=O)(=O)Nc2ccccn2)cc1. The smallest absolute Gasteiger partial charge is 0.327 e. The molecule has 0 bridgehead atoms. The number of aromatic nitrogens is 1. The number of amides is 1. The average Bonchev–Trinajstić information content (AvgIpc) is 2.48. The van der Waals surface area contributed by atoms with E-state index < -0.39 is 26.2 Å². The summed E-state index contributed by atoms with van der Waals surface area (Å²) in [6.07, 6.45) is 1.46. The number of rotatable bonds is 5. The van der Waals surface area contributed by atoms with E-state index in [0.717, 1.165) is 0 Å². The molecule has 0 radical (unpaired) electrons. The molecule has 1 heterocycles. The maximum atomic E-state index is 12.1. The Kier molecular flexibility index (Phi) is 4.73. The number of primary amides is 1. The van der Waals surface area contributed by atoms with Crippen molar-refractivity contribution in [1.82, 2.24) is 4.98 Å². The summed E-state index contributed by atoms with van der Waals surface area (Å²) in [5.41, 5.74) is 5.15. The highest BCUT2D eigenvalue weighted by molar-refractivity contribution is 8.01. The zero-order valence-electron chi connectivity index (χ0n) is 11.1. The van der Waals surface area contributed by atoms with Gasteiger partial charge < -0.3 is 5.73 Å². The molecule has 0 aliphatic heterocycles. The Labute approximate surface area is 129 Å². The third-order valence-corrected chi connectivity index (χ3v) is 4.62. The molecular weight excluding hydrogens is 328 g/mol. The van der Waals surface area contributed by atoms with Gasteiger partial charge in [-0.1, -0.05) is 6.07 Å². The van der Waals surface area contributed by atoms with Gasteiger partial charge in [-0.15, -0.1) is 0 Å². The molecule has 1 aromatic heterocycles. The fourth-order valence-electron chi connectivity index (χ4n) is 1.48. The van der Waals surface area contributed by atoms with Gasteiger partial charge in [0.2, 0.25) is 11.0 Å². The van der Waals surface area contributed by atoms with Crippen molar-refractivity contribution < 1.29 is 17.4 Å². The van der Waals surface area contributed by atoms with Crippen molar-refractivity contribution in [3.05, 3.63) is 48.7 Å². The topological polar surface area (TPSA) is 131 Å². The lowest BCUT2D eigenvalue weighted by molar-refractivity contribution is 0.266. The van der Waals surface area contributed by atoms with Crippen molar-refractivity contribution in [2.75, 3.05) is 9.44 Å². The minimum absolute atomic E-state index is 0.00596. The van der Waals surface area contributed by atoms with Crippen LogP contribution in [0.25, 0.3) is 0 Å². The Bertz CT molecular complexity index is 792. The van der Waals surface area contributed by atoms with Gasteiger partial charge in [-0.25, -0.2) is 17.6 Å². The van der Waals surface area contributed by atoms with E-state index in [-0.39, 0.29) is 10.7 Å². The Hall–Kier alpha value is -2.46. The number of hydrogen-bond donors (Lipinski definition) is 3. The van der Waals surface area contributed by atoms with Crippen LogP contribution in [0.5, 0.6) is 0 Å². The summed E-state index contributed by atoms with van der Waals surface area (Å²) in [5.74, 6) is 0.194. The first kappa shape index (κ1) is 15.9. The van der Waals surface area contributed by atoms with Gasteiger partial charge in [-0.3, -0.25) is 14.2 Å². The van der Waals surface area contributed by atoms with Crippen molar-refractivity contribution in [2.24, 2.45) is 5.73 Å². The van der Waals surface area contributed by atoms with Gasteiger partial charge in [-0.2, -0.15) is 0 Å². The number of carbonyl (C=O) groups is 1. The van der Waals surface area contributed by atoms with Crippen molar-refractivity contribution in [2.45, 2.75) is 4.90 Å². The summed E-state index contributed by atoms with van der Waals surface area (Å²) >= 11 is 0. The van der Waals surface area contributed by atoms with Gasteiger partial charge in [0, 0.05) is 11.9 Å². The summed E-state index contributed by atoms with van der Waals surface area (Å²) in [6.45, 7) is 0.